The monoisotopic (exact) mass is 271 g/mol. The summed E-state index contributed by atoms with van der Waals surface area (Å²) >= 11 is 0. The van der Waals surface area contributed by atoms with Gasteiger partial charge in [0, 0.05) is 26.0 Å². The van der Waals surface area contributed by atoms with Crippen molar-refractivity contribution in [3.63, 3.8) is 0 Å². The fourth-order valence-corrected chi connectivity index (χ4v) is 1.88. The molecule has 104 valence electrons. The molecule has 0 radical (unpaired) electrons. The molecule has 0 saturated carbocycles. The van der Waals surface area contributed by atoms with Crippen LogP contribution in [-0.2, 0) is 6.54 Å². The van der Waals surface area contributed by atoms with Gasteiger partial charge in [0.05, 0.1) is 0 Å². The molecule has 0 spiro atoms. The highest BCUT2D eigenvalue weighted by Gasteiger charge is 2.14. The molecular formula is C14H17N5O. The Balaban J connectivity index is 2.25. The first kappa shape index (κ1) is 13.8. The van der Waals surface area contributed by atoms with E-state index in [-0.39, 0.29) is 5.84 Å². The van der Waals surface area contributed by atoms with E-state index in [1.165, 1.54) is 11.8 Å². The largest absolute Gasteiger partial charge is 0.409 e. The Morgan fingerprint density at radius 3 is 2.55 bits per heavy atom. The number of rotatable bonds is 4. The van der Waals surface area contributed by atoms with E-state index < -0.39 is 0 Å². The van der Waals surface area contributed by atoms with Crippen LogP contribution in [0.3, 0.4) is 0 Å². The van der Waals surface area contributed by atoms with Crippen LogP contribution in [0.25, 0.3) is 0 Å². The zero-order valence-corrected chi connectivity index (χ0v) is 11.5. The molecule has 1 aromatic heterocycles. The summed E-state index contributed by atoms with van der Waals surface area (Å²) < 4.78 is 0. The van der Waals surface area contributed by atoms with Gasteiger partial charge in [-0.1, -0.05) is 35.0 Å². The summed E-state index contributed by atoms with van der Waals surface area (Å²) in [5, 5.41) is 11.8. The van der Waals surface area contributed by atoms with E-state index >= 15 is 0 Å². The number of hydrogen-bond donors (Lipinski definition) is 2. The third-order valence-electron chi connectivity index (χ3n) is 2.93. The Bertz CT molecular complexity index is 609. The van der Waals surface area contributed by atoms with Crippen molar-refractivity contribution in [2.45, 2.75) is 13.5 Å². The van der Waals surface area contributed by atoms with Crippen molar-refractivity contribution >= 4 is 11.7 Å². The molecule has 0 unspecified atom stereocenters. The van der Waals surface area contributed by atoms with Gasteiger partial charge in [0.2, 0.25) is 0 Å². The maximum absolute atomic E-state index is 8.79. The van der Waals surface area contributed by atoms with Crippen molar-refractivity contribution in [2.75, 3.05) is 11.9 Å². The van der Waals surface area contributed by atoms with Gasteiger partial charge in [-0.2, -0.15) is 0 Å². The molecule has 1 aromatic carbocycles. The van der Waals surface area contributed by atoms with Crippen molar-refractivity contribution in [2.24, 2.45) is 10.9 Å². The molecule has 0 fully saturated rings. The lowest BCUT2D eigenvalue weighted by Crippen LogP contribution is -2.24. The normalized spacial score (nSPS) is 11.4. The quantitative estimate of drug-likeness (QED) is 0.381. The Morgan fingerprint density at radius 2 is 1.90 bits per heavy atom. The first-order valence-electron chi connectivity index (χ1n) is 6.17. The molecule has 0 aliphatic heterocycles. The highest BCUT2D eigenvalue weighted by atomic mass is 16.4. The van der Waals surface area contributed by atoms with Crippen LogP contribution < -0.4 is 10.6 Å². The predicted molar refractivity (Wildman–Crippen MR) is 77.8 cm³/mol. The number of hydrogen-bond acceptors (Lipinski definition) is 5. The molecule has 1 heterocycles. The first-order chi connectivity index (χ1) is 9.61. The van der Waals surface area contributed by atoms with Crippen molar-refractivity contribution in [3.8, 4) is 0 Å². The average molecular weight is 271 g/mol. The van der Waals surface area contributed by atoms with Crippen LogP contribution in [0.1, 0.15) is 16.8 Å². The van der Waals surface area contributed by atoms with Crippen molar-refractivity contribution in [3.05, 3.63) is 53.5 Å². The Hall–Kier alpha value is -2.63. The van der Waals surface area contributed by atoms with Gasteiger partial charge < -0.3 is 15.8 Å². The summed E-state index contributed by atoms with van der Waals surface area (Å²) in [4.78, 5) is 10.3. The van der Waals surface area contributed by atoms with Gasteiger partial charge in [-0.05, 0) is 12.5 Å². The number of amidine groups is 1. The van der Waals surface area contributed by atoms with Gasteiger partial charge in [-0.3, -0.25) is 0 Å². The minimum atomic E-state index is -0.0520. The van der Waals surface area contributed by atoms with E-state index in [4.69, 9.17) is 10.9 Å². The van der Waals surface area contributed by atoms with Gasteiger partial charge >= 0.3 is 0 Å². The van der Waals surface area contributed by atoms with Crippen LogP contribution in [0.5, 0.6) is 0 Å². The molecule has 0 aliphatic rings. The number of benzene rings is 1. The van der Waals surface area contributed by atoms with Crippen molar-refractivity contribution in [1.82, 2.24) is 9.97 Å². The molecule has 6 heteroatoms. The smallest absolute Gasteiger partial charge is 0.192 e. The van der Waals surface area contributed by atoms with Crippen LogP contribution in [0.2, 0.25) is 0 Å². The van der Waals surface area contributed by atoms with Crippen LogP contribution in [0, 0.1) is 6.92 Å². The zero-order chi connectivity index (χ0) is 14.5. The fraction of sp³-hybridized carbons (Fsp3) is 0.214. The molecule has 2 aromatic rings. The second kappa shape index (κ2) is 6.01. The summed E-state index contributed by atoms with van der Waals surface area (Å²) in [6, 6.07) is 8.24. The van der Waals surface area contributed by atoms with Gasteiger partial charge in [0.25, 0.3) is 0 Å². The van der Waals surface area contributed by atoms with Gasteiger partial charge in [-0.15, -0.1) is 0 Å². The predicted octanol–water partition coefficient (Wildman–Crippen LogP) is 1.52. The minimum absolute atomic E-state index is 0.0520. The Morgan fingerprint density at radius 1 is 1.25 bits per heavy atom. The summed E-state index contributed by atoms with van der Waals surface area (Å²) in [7, 11) is 1.89. The maximum Gasteiger partial charge on any atom is 0.192 e. The van der Waals surface area contributed by atoms with Crippen LogP contribution in [0.4, 0.5) is 5.82 Å². The third kappa shape index (κ3) is 3.03. The molecular weight excluding hydrogens is 254 g/mol. The fourth-order valence-electron chi connectivity index (χ4n) is 1.88. The van der Waals surface area contributed by atoms with E-state index in [0.29, 0.717) is 18.1 Å². The van der Waals surface area contributed by atoms with Crippen molar-refractivity contribution in [1.29, 1.82) is 0 Å². The highest BCUT2D eigenvalue weighted by Crippen LogP contribution is 2.16. The average Bonchev–Trinajstić information content (AvgIpc) is 2.48. The lowest BCUT2D eigenvalue weighted by Gasteiger charge is -2.20. The molecule has 20 heavy (non-hydrogen) atoms. The molecule has 6 nitrogen and oxygen atoms in total. The molecule has 2 rings (SSSR count). The SMILES string of the molecule is Cc1ccc(CN(C)c2nccnc2C(N)=NO)cc1. The van der Waals surface area contributed by atoms with E-state index in [2.05, 4.69) is 39.4 Å². The molecule has 0 atom stereocenters. The summed E-state index contributed by atoms with van der Waals surface area (Å²) in [5.74, 6) is 0.521. The molecule has 0 aliphatic carbocycles. The van der Waals surface area contributed by atoms with Crippen LogP contribution in [-0.4, -0.2) is 28.1 Å². The molecule has 0 bridgehead atoms. The first-order valence-corrected chi connectivity index (χ1v) is 6.17. The second-order valence-corrected chi connectivity index (χ2v) is 4.56. The van der Waals surface area contributed by atoms with E-state index in [1.54, 1.807) is 6.20 Å². The lowest BCUT2D eigenvalue weighted by atomic mass is 10.1. The highest BCUT2D eigenvalue weighted by molar-refractivity contribution is 5.99. The lowest BCUT2D eigenvalue weighted by molar-refractivity contribution is 0.318. The van der Waals surface area contributed by atoms with Gasteiger partial charge in [-0.25, -0.2) is 9.97 Å². The summed E-state index contributed by atoms with van der Waals surface area (Å²) in [5.41, 5.74) is 8.35. The topological polar surface area (TPSA) is 87.6 Å². The Labute approximate surface area is 117 Å². The molecule has 3 N–H and O–H groups in total. The van der Waals surface area contributed by atoms with E-state index in [9.17, 15) is 0 Å². The molecule has 0 saturated heterocycles. The number of aryl methyl sites for hydroxylation is 1. The zero-order valence-electron chi connectivity index (χ0n) is 11.5. The number of aromatic nitrogens is 2. The molecule has 0 amide bonds. The summed E-state index contributed by atoms with van der Waals surface area (Å²) in [6.45, 7) is 2.71. The van der Waals surface area contributed by atoms with E-state index in [1.807, 2.05) is 18.9 Å². The van der Waals surface area contributed by atoms with Crippen molar-refractivity contribution < 1.29 is 5.21 Å². The van der Waals surface area contributed by atoms with Gasteiger partial charge in [0.1, 0.15) is 0 Å². The number of anilines is 1. The maximum atomic E-state index is 8.79. The number of nitrogens with zero attached hydrogens (tertiary/aromatic N) is 4. The number of nitrogens with two attached hydrogens (primary N) is 1. The van der Waals surface area contributed by atoms with Crippen LogP contribution in [0.15, 0.2) is 41.8 Å². The standard InChI is InChI=1S/C14H17N5O/c1-10-3-5-11(6-4-10)9-19(2)14-12(13(15)18-20)16-7-8-17-14/h3-8,20H,9H2,1-2H3,(H2,15,18). The van der Waals surface area contributed by atoms with Crippen LogP contribution >= 0.6 is 0 Å². The van der Waals surface area contributed by atoms with Gasteiger partial charge in [0.15, 0.2) is 17.3 Å². The van der Waals surface area contributed by atoms with E-state index in [0.717, 1.165) is 5.56 Å². The third-order valence-corrected chi connectivity index (χ3v) is 2.93. The minimum Gasteiger partial charge on any atom is -0.409 e. The second-order valence-electron chi connectivity index (χ2n) is 4.56. The Kier molecular flexibility index (Phi) is 4.14. The summed E-state index contributed by atoms with van der Waals surface area (Å²) in [6.07, 6.45) is 3.09. The number of oxime groups is 1.